The Morgan fingerprint density at radius 3 is 2.59 bits per heavy atom. The molecule has 3 aromatic carbocycles. The molecule has 8 heteroatoms. The molecule has 0 aromatic heterocycles. The number of nitrogens with zero attached hydrogens (tertiary/aromatic N) is 2. The Labute approximate surface area is 171 Å². The van der Waals surface area contributed by atoms with Crippen LogP contribution >= 0.6 is 11.6 Å². The standard InChI is InChI=1S/C21H15ClN2O5/c1-28-20-11-14(13-23-18-8-3-2-7-17(18)22)9-10-19(20)29-21(25)15-5-4-6-16(12-15)24(26)27/h2-13H,1H3. The van der Waals surface area contributed by atoms with Gasteiger partial charge in [-0.1, -0.05) is 29.8 Å². The van der Waals surface area contributed by atoms with E-state index in [0.29, 0.717) is 22.0 Å². The molecule has 0 bridgehead atoms. The van der Waals surface area contributed by atoms with E-state index in [1.165, 1.54) is 25.3 Å². The van der Waals surface area contributed by atoms with Gasteiger partial charge < -0.3 is 9.47 Å². The molecule has 0 heterocycles. The number of halogens is 1. The Kier molecular flexibility index (Phi) is 6.21. The summed E-state index contributed by atoms with van der Waals surface area (Å²) in [6.07, 6.45) is 1.61. The predicted molar refractivity (Wildman–Crippen MR) is 110 cm³/mol. The van der Waals surface area contributed by atoms with Crippen LogP contribution in [0.2, 0.25) is 5.02 Å². The highest BCUT2D eigenvalue weighted by molar-refractivity contribution is 6.33. The molecule has 29 heavy (non-hydrogen) atoms. The van der Waals surface area contributed by atoms with Crippen LogP contribution in [0, 0.1) is 10.1 Å². The maximum atomic E-state index is 12.3. The maximum absolute atomic E-state index is 12.3. The van der Waals surface area contributed by atoms with Crippen molar-refractivity contribution in [2.75, 3.05) is 7.11 Å². The molecule has 0 fully saturated rings. The number of para-hydroxylation sites is 1. The van der Waals surface area contributed by atoms with Gasteiger partial charge >= 0.3 is 5.97 Å². The van der Waals surface area contributed by atoms with Crippen molar-refractivity contribution in [2.24, 2.45) is 4.99 Å². The summed E-state index contributed by atoms with van der Waals surface area (Å²) in [5, 5.41) is 11.4. The molecule has 0 saturated heterocycles. The van der Waals surface area contributed by atoms with Crippen molar-refractivity contribution in [3.05, 3.63) is 93.0 Å². The monoisotopic (exact) mass is 410 g/mol. The Balaban J connectivity index is 1.80. The minimum absolute atomic E-state index is 0.0608. The summed E-state index contributed by atoms with van der Waals surface area (Å²) in [7, 11) is 1.44. The van der Waals surface area contributed by atoms with Crippen molar-refractivity contribution >= 4 is 35.2 Å². The number of hydrogen-bond acceptors (Lipinski definition) is 6. The molecule has 7 nitrogen and oxygen atoms in total. The van der Waals surface area contributed by atoms with Gasteiger partial charge in [-0.2, -0.15) is 0 Å². The zero-order valence-corrected chi connectivity index (χ0v) is 16.0. The van der Waals surface area contributed by atoms with Gasteiger partial charge in [0.1, 0.15) is 0 Å². The van der Waals surface area contributed by atoms with Gasteiger partial charge in [0.05, 0.1) is 28.3 Å². The first-order valence-corrected chi connectivity index (χ1v) is 8.79. The largest absolute Gasteiger partial charge is 0.493 e. The van der Waals surface area contributed by atoms with Crippen molar-refractivity contribution < 1.29 is 19.2 Å². The van der Waals surface area contributed by atoms with Crippen LogP contribution in [0.15, 0.2) is 71.7 Å². The molecule has 3 rings (SSSR count). The van der Waals surface area contributed by atoms with Crippen LogP contribution in [-0.2, 0) is 0 Å². The quantitative estimate of drug-likeness (QED) is 0.182. The van der Waals surface area contributed by atoms with Crippen molar-refractivity contribution in [1.82, 2.24) is 0 Å². The van der Waals surface area contributed by atoms with Crippen molar-refractivity contribution in [3.63, 3.8) is 0 Å². The minimum Gasteiger partial charge on any atom is -0.493 e. The molecule has 146 valence electrons. The summed E-state index contributed by atoms with van der Waals surface area (Å²) >= 11 is 6.08. The van der Waals surface area contributed by atoms with Crippen LogP contribution < -0.4 is 9.47 Å². The van der Waals surface area contributed by atoms with Crippen molar-refractivity contribution in [3.8, 4) is 11.5 Å². The van der Waals surface area contributed by atoms with Gasteiger partial charge in [-0.15, -0.1) is 0 Å². The summed E-state index contributed by atoms with van der Waals surface area (Å²) in [4.78, 5) is 27.0. The topological polar surface area (TPSA) is 91.0 Å². The predicted octanol–water partition coefficient (Wildman–Crippen LogP) is 5.23. The number of carbonyl (C=O) groups is 1. The normalized spacial score (nSPS) is 10.7. The number of hydrogen-bond donors (Lipinski definition) is 0. The van der Waals surface area contributed by atoms with E-state index in [9.17, 15) is 14.9 Å². The van der Waals surface area contributed by atoms with Gasteiger partial charge in [0.2, 0.25) is 0 Å². The molecule has 3 aromatic rings. The number of aliphatic imine (C=N–C) groups is 1. The number of methoxy groups -OCH3 is 1. The summed E-state index contributed by atoms with van der Waals surface area (Å²) < 4.78 is 10.6. The smallest absolute Gasteiger partial charge is 0.343 e. The van der Waals surface area contributed by atoms with Gasteiger partial charge in [0.15, 0.2) is 11.5 Å². The SMILES string of the molecule is COc1cc(C=Nc2ccccc2Cl)ccc1OC(=O)c1cccc([N+](=O)[O-])c1. The number of rotatable bonds is 6. The second kappa shape index (κ2) is 8.99. The lowest BCUT2D eigenvalue weighted by Gasteiger charge is -2.10. The van der Waals surface area contributed by atoms with Crippen LogP contribution in [0.5, 0.6) is 11.5 Å². The number of carbonyl (C=O) groups excluding carboxylic acids is 1. The van der Waals surface area contributed by atoms with Gasteiger partial charge in [-0.05, 0) is 42.0 Å². The molecule has 0 aliphatic heterocycles. The molecule has 0 amide bonds. The second-order valence-corrected chi connectivity index (χ2v) is 6.22. The average molecular weight is 411 g/mol. The minimum atomic E-state index is -0.732. The van der Waals surface area contributed by atoms with E-state index < -0.39 is 10.9 Å². The van der Waals surface area contributed by atoms with Crippen LogP contribution in [0.3, 0.4) is 0 Å². The van der Waals surface area contributed by atoms with E-state index in [0.717, 1.165) is 6.07 Å². The van der Waals surface area contributed by atoms with Crippen molar-refractivity contribution in [1.29, 1.82) is 0 Å². The van der Waals surface area contributed by atoms with E-state index in [4.69, 9.17) is 21.1 Å². The van der Waals surface area contributed by atoms with Gasteiger partial charge in [-0.3, -0.25) is 15.1 Å². The molecular weight excluding hydrogens is 396 g/mol. The van der Waals surface area contributed by atoms with E-state index in [-0.39, 0.29) is 17.0 Å². The lowest BCUT2D eigenvalue weighted by molar-refractivity contribution is -0.384. The van der Waals surface area contributed by atoms with Gasteiger partial charge in [-0.25, -0.2) is 4.79 Å². The molecule has 0 radical (unpaired) electrons. The number of benzene rings is 3. The Morgan fingerprint density at radius 1 is 1.07 bits per heavy atom. The van der Waals surface area contributed by atoms with Crippen LogP contribution in [-0.4, -0.2) is 24.2 Å². The fraction of sp³-hybridized carbons (Fsp3) is 0.0476. The number of esters is 1. The number of ether oxygens (including phenoxy) is 2. The van der Waals surface area contributed by atoms with E-state index in [1.54, 1.807) is 36.5 Å². The highest BCUT2D eigenvalue weighted by Crippen LogP contribution is 2.29. The maximum Gasteiger partial charge on any atom is 0.343 e. The highest BCUT2D eigenvalue weighted by Gasteiger charge is 2.16. The van der Waals surface area contributed by atoms with Crippen LogP contribution in [0.1, 0.15) is 15.9 Å². The van der Waals surface area contributed by atoms with Gasteiger partial charge in [0, 0.05) is 18.3 Å². The van der Waals surface area contributed by atoms with Crippen LogP contribution in [0.4, 0.5) is 11.4 Å². The first kappa shape index (κ1) is 20.0. The lowest BCUT2D eigenvalue weighted by Crippen LogP contribution is -2.09. The third-order valence-corrected chi connectivity index (χ3v) is 4.21. The molecule has 0 saturated carbocycles. The third-order valence-electron chi connectivity index (χ3n) is 3.89. The molecule has 0 aliphatic carbocycles. The number of nitro benzene ring substituents is 1. The van der Waals surface area contributed by atoms with Gasteiger partial charge in [0.25, 0.3) is 5.69 Å². The first-order valence-electron chi connectivity index (χ1n) is 8.41. The fourth-order valence-electron chi connectivity index (χ4n) is 2.45. The van der Waals surface area contributed by atoms with E-state index >= 15 is 0 Å². The zero-order chi connectivity index (χ0) is 20.8. The molecule has 0 spiro atoms. The van der Waals surface area contributed by atoms with Crippen molar-refractivity contribution in [2.45, 2.75) is 0 Å². The first-order chi connectivity index (χ1) is 14.0. The Bertz CT molecular complexity index is 1100. The Hall–Kier alpha value is -3.71. The molecule has 0 atom stereocenters. The average Bonchev–Trinajstić information content (AvgIpc) is 2.74. The summed E-state index contributed by atoms with van der Waals surface area (Å²) in [6, 6.07) is 17.4. The highest BCUT2D eigenvalue weighted by atomic mass is 35.5. The summed E-state index contributed by atoms with van der Waals surface area (Å²) in [5.74, 6) is -0.240. The van der Waals surface area contributed by atoms with E-state index in [2.05, 4.69) is 4.99 Å². The van der Waals surface area contributed by atoms with Crippen LogP contribution in [0.25, 0.3) is 0 Å². The number of non-ortho nitro benzene ring substituents is 1. The molecule has 0 unspecified atom stereocenters. The molecule has 0 N–H and O–H groups in total. The summed E-state index contributed by atoms with van der Waals surface area (Å²) in [6.45, 7) is 0. The fourth-order valence-corrected chi connectivity index (χ4v) is 2.64. The zero-order valence-electron chi connectivity index (χ0n) is 15.2. The lowest BCUT2D eigenvalue weighted by atomic mass is 10.2. The second-order valence-electron chi connectivity index (χ2n) is 5.82. The number of nitro groups is 1. The molecular formula is C21H15ClN2O5. The molecule has 0 aliphatic rings. The summed E-state index contributed by atoms with van der Waals surface area (Å²) in [5.41, 5.74) is 1.19. The van der Waals surface area contributed by atoms with E-state index in [1.807, 2.05) is 12.1 Å². The Morgan fingerprint density at radius 2 is 1.86 bits per heavy atom. The third kappa shape index (κ3) is 4.97.